The second-order valence-corrected chi connectivity index (χ2v) is 8.31. The fourth-order valence-electron chi connectivity index (χ4n) is 3.94. The molecular weight excluding hydrogens is 447 g/mol. The molecule has 3 aromatic rings. The summed E-state index contributed by atoms with van der Waals surface area (Å²) < 4.78 is 40.2. The molecule has 1 N–H and O–H groups in total. The highest BCUT2D eigenvalue weighted by Crippen LogP contribution is 2.37. The molecule has 10 heteroatoms. The number of nitriles is 1. The lowest BCUT2D eigenvalue weighted by atomic mass is 10.0. The van der Waals surface area contributed by atoms with Crippen LogP contribution < -0.4 is 10.2 Å². The van der Waals surface area contributed by atoms with Gasteiger partial charge in [-0.2, -0.15) is 18.4 Å². The van der Waals surface area contributed by atoms with Crippen molar-refractivity contribution in [1.82, 2.24) is 9.88 Å². The average molecular weight is 467 g/mol. The van der Waals surface area contributed by atoms with Crippen LogP contribution in [0.5, 0.6) is 0 Å². The Kier molecular flexibility index (Phi) is 5.65. The van der Waals surface area contributed by atoms with E-state index >= 15 is 0 Å². The minimum absolute atomic E-state index is 0.140. The molecule has 0 unspecified atom stereocenters. The molecule has 1 aliphatic rings. The number of nitrogens with one attached hydrogen (secondary N) is 1. The number of halogens is 3. The van der Waals surface area contributed by atoms with Crippen molar-refractivity contribution in [3.05, 3.63) is 65.9 Å². The van der Waals surface area contributed by atoms with E-state index in [0.29, 0.717) is 12.6 Å². The summed E-state index contributed by atoms with van der Waals surface area (Å²) in [5.41, 5.74) is -1.64. The molecule has 1 aromatic heterocycles. The first-order chi connectivity index (χ1) is 16.0. The molecule has 4 rings (SSSR count). The molecule has 1 aliphatic heterocycles. The van der Waals surface area contributed by atoms with Crippen molar-refractivity contribution in [2.75, 3.05) is 23.3 Å². The third kappa shape index (κ3) is 4.01. The highest BCUT2D eigenvalue weighted by molar-refractivity contribution is 6.23. The molecule has 34 heavy (non-hydrogen) atoms. The van der Waals surface area contributed by atoms with E-state index in [1.54, 1.807) is 20.0 Å². The van der Waals surface area contributed by atoms with E-state index in [1.807, 2.05) is 30.3 Å². The maximum Gasteiger partial charge on any atom is 0.417 e. The number of anilines is 2. The second kappa shape index (κ2) is 8.33. The largest absolute Gasteiger partial charge is 0.417 e. The molecule has 0 radical (unpaired) electrons. The van der Waals surface area contributed by atoms with Crippen LogP contribution in [-0.2, 0) is 11.0 Å². The first-order valence-electron chi connectivity index (χ1n) is 10.4. The Morgan fingerprint density at radius 3 is 2.59 bits per heavy atom. The minimum atomic E-state index is -4.80. The van der Waals surface area contributed by atoms with Gasteiger partial charge in [-0.05, 0) is 56.3 Å². The molecule has 0 aliphatic carbocycles. The van der Waals surface area contributed by atoms with E-state index < -0.39 is 34.8 Å². The maximum absolute atomic E-state index is 13.4. The standard InChI is InChI=1S/C24H20F3N5O2/c1-23(2)21(33)32(18-7-5-16(14-28)19(13-18)24(25,26)27)22(34)31(23)11-10-29-17-6-8-20-15(12-17)4-3-9-30-20/h3-9,12-13,29H,10-11H2,1-2H3. The van der Waals surface area contributed by atoms with Gasteiger partial charge in [0.05, 0.1) is 28.4 Å². The number of nitrogens with zero attached hydrogens (tertiary/aromatic N) is 4. The van der Waals surface area contributed by atoms with Crippen LogP contribution in [0.3, 0.4) is 0 Å². The number of benzene rings is 2. The monoisotopic (exact) mass is 467 g/mol. The summed E-state index contributed by atoms with van der Waals surface area (Å²) >= 11 is 0. The minimum Gasteiger partial charge on any atom is -0.383 e. The molecule has 2 aromatic carbocycles. The maximum atomic E-state index is 13.4. The van der Waals surface area contributed by atoms with Gasteiger partial charge in [0, 0.05) is 30.4 Å². The van der Waals surface area contributed by atoms with E-state index in [9.17, 15) is 22.8 Å². The fourth-order valence-corrected chi connectivity index (χ4v) is 3.94. The Bertz CT molecular complexity index is 1330. The highest BCUT2D eigenvalue weighted by Gasteiger charge is 2.52. The second-order valence-electron chi connectivity index (χ2n) is 8.31. The average Bonchev–Trinajstić information content (AvgIpc) is 2.97. The van der Waals surface area contributed by atoms with Gasteiger partial charge in [-0.15, -0.1) is 0 Å². The number of carbonyl (C=O) groups is 2. The number of hydrogen-bond donors (Lipinski definition) is 1. The number of hydrogen-bond acceptors (Lipinski definition) is 5. The van der Waals surface area contributed by atoms with Gasteiger partial charge in [-0.3, -0.25) is 9.78 Å². The number of rotatable bonds is 5. The van der Waals surface area contributed by atoms with Gasteiger partial charge in [-0.25, -0.2) is 9.69 Å². The zero-order valence-electron chi connectivity index (χ0n) is 18.3. The zero-order chi connectivity index (χ0) is 24.7. The van der Waals surface area contributed by atoms with E-state index in [-0.39, 0.29) is 12.2 Å². The number of amides is 3. The van der Waals surface area contributed by atoms with Crippen LogP contribution in [0.4, 0.5) is 29.3 Å². The van der Waals surface area contributed by atoms with Crippen LogP contribution >= 0.6 is 0 Å². The summed E-state index contributed by atoms with van der Waals surface area (Å²) in [7, 11) is 0. The van der Waals surface area contributed by atoms with Crippen molar-refractivity contribution in [2.24, 2.45) is 0 Å². The normalized spacial score (nSPS) is 15.6. The predicted molar refractivity (Wildman–Crippen MR) is 120 cm³/mol. The third-order valence-electron chi connectivity index (χ3n) is 5.78. The fraction of sp³-hybridized carbons (Fsp3) is 0.250. The van der Waals surface area contributed by atoms with E-state index in [4.69, 9.17) is 5.26 Å². The van der Waals surface area contributed by atoms with Crippen molar-refractivity contribution >= 4 is 34.2 Å². The molecule has 2 heterocycles. The van der Waals surface area contributed by atoms with Gasteiger partial charge in [0.2, 0.25) is 0 Å². The molecular formula is C24H20F3N5O2. The van der Waals surface area contributed by atoms with Gasteiger partial charge in [0.25, 0.3) is 5.91 Å². The summed E-state index contributed by atoms with van der Waals surface area (Å²) in [4.78, 5) is 32.5. The first-order valence-corrected chi connectivity index (χ1v) is 10.4. The van der Waals surface area contributed by atoms with Gasteiger partial charge >= 0.3 is 12.2 Å². The molecule has 0 saturated carbocycles. The van der Waals surface area contributed by atoms with E-state index in [1.165, 1.54) is 17.0 Å². The zero-order valence-corrected chi connectivity index (χ0v) is 18.3. The molecule has 0 bridgehead atoms. The molecule has 174 valence electrons. The molecule has 1 fully saturated rings. The predicted octanol–water partition coefficient (Wildman–Crippen LogP) is 4.78. The molecule has 3 amide bonds. The quantitative estimate of drug-likeness (QED) is 0.546. The summed E-state index contributed by atoms with van der Waals surface area (Å²) in [6.45, 7) is 3.54. The summed E-state index contributed by atoms with van der Waals surface area (Å²) in [6.07, 6.45) is -3.10. The van der Waals surface area contributed by atoms with Crippen LogP contribution in [0.25, 0.3) is 10.9 Å². The molecule has 1 saturated heterocycles. The summed E-state index contributed by atoms with van der Waals surface area (Å²) in [5.74, 6) is -0.646. The number of fused-ring (bicyclic) bond motifs is 1. The highest BCUT2D eigenvalue weighted by atomic mass is 19.4. The van der Waals surface area contributed by atoms with Crippen molar-refractivity contribution in [3.8, 4) is 6.07 Å². The lowest BCUT2D eigenvalue weighted by molar-refractivity contribution is -0.137. The Labute approximate surface area is 193 Å². The number of alkyl halides is 3. The Hall–Kier alpha value is -4.13. The topological polar surface area (TPSA) is 89.3 Å². The Morgan fingerprint density at radius 1 is 1.12 bits per heavy atom. The van der Waals surface area contributed by atoms with Crippen LogP contribution in [-0.4, -0.2) is 40.5 Å². The van der Waals surface area contributed by atoms with E-state index in [2.05, 4.69) is 10.3 Å². The molecule has 7 nitrogen and oxygen atoms in total. The summed E-state index contributed by atoms with van der Waals surface area (Å²) in [5, 5.41) is 13.1. The molecule has 0 spiro atoms. The first kappa shape index (κ1) is 23.0. The van der Waals surface area contributed by atoms with Gasteiger partial charge in [0.15, 0.2) is 0 Å². The van der Waals surface area contributed by atoms with Gasteiger partial charge in [-0.1, -0.05) is 6.07 Å². The van der Waals surface area contributed by atoms with Crippen molar-refractivity contribution in [3.63, 3.8) is 0 Å². The van der Waals surface area contributed by atoms with Crippen LogP contribution in [0.1, 0.15) is 25.0 Å². The van der Waals surface area contributed by atoms with Crippen LogP contribution in [0, 0.1) is 11.3 Å². The van der Waals surface area contributed by atoms with Crippen LogP contribution in [0.2, 0.25) is 0 Å². The van der Waals surface area contributed by atoms with Gasteiger partial charge in [0.1, 0.15) is 5.54 Å². The van der Waals surface area contributed by atoms with Crippen molar-refractivity contribution in [1.29, 1.82) is 5.26 Å². The lowest BCUT2D eigenvalue weighted by Crippen LogP contribution is -2.46. The summed E-state index contributed by atoms with van der Waals surface area (Å²) in [6, 6.07) is 12.9. The number of pyridine rings is 1. The third-order valence-corrected chi connectivity index (χ3v) is 5.78. The Balaban J connectivity index is 1.54. The van der Waals surface area contributed by atoms with Crippen molar-refractivity contribution < 1.29 is 22.8 Å². The van der Waals surface area contributed by atoms with Crippen molar-refractivity contribution in [2.45, 2.75) is 25.6 Å². The number of urea groups is 1. The SMILES string of the molecule is CC1(C)C(=O)N(c2ccc(C#N)c(C(F)(F)F)c2)C(=O)N1CCNc1ccc2ncccc2c1. The lowest BCUT2D eigenvalue weighted by Gasteiger charge is -2.27. The number of carbonyl (C=O) groups excluding carboxylic acids is 2. The van der Waals surface area contributed by atoms with E-state index in [0.717, 1.165) is 27.6 Å². The Morgan fingerprint density at radius 2 is 1.88 bits per heavy atom. The van der Waals surface area contributed by atoms with Gasteiger partial charge < -0.3 is 10.2 Å². The van der Waals surface area contributed by atoms with Crippen LogP contribution in [0.15, 0.2) is 54.7 Å². The number of imide groups is 1. The molecule has 0 atom stereocenters. The smallest absolute Gasteiger partial charge is 0.383 e. The number of aromatic nitrogens is 1.